The van der Waals surface area contributed by atoms with E-state index in [0.29, 0.717) is 19.1 Å². The molecule has 1 unspecified atom stereocenters. The normalized spacial score (nSPS) is 20.3. The first-order chi connectivity index (χ1) is 12.7. The van der Waals surface area contributed by atoms with Crippen LogP contribution < -0.4 is 0 Å². The maximum Gasteiger partial charge on any atom is 0.410 e. The minimum atomic E-state index is -0.555. The van der Waals surface area contributed by atoms with Gasteiger partial charge >= 0.3 is 6.09 Å². The lowest BCUT2D eigenvalue weighted by atomic mass is 10.0. The Bertz CT molecular complexity index is 674. The molecular weight excluding hydrogens is 340 g/mol. The second-order valence-electron chi connectivity index (χ2n) is 8.87. The maximum absolute atomic E-state index is 13.4. The number of amides is 2. The number of aryl methyl sites for hydroxylation is 1. The van der Waals surface area contributed by atoms with Gasteiger partial charge in [0.1, 0.15) is 11.6 Å². The lowest BCUT2D eigenvalue weighted by Crippen LogP contribution is -2.54. The van der Waals surface area contributed by atoms with Crippen molar-refractivity contribution in [3.05, 3.63) is 35.4 Å². The van der Waals surface area contributed by atoms with Gasteiger partial charge in [-0.15, -0.1) is 0 Å². The number of rotatable bonds is 4. The van der Waals surface area contributed by atoms with Gasteiger partial charge in [0, 0.05) is 19.1 Å². The third-order valence-corrected chi connectivity index (χ3v) is 5.16. The monoisotopic (exact) mass is 372 g/mol. The van der Waals surface area contributed by atoms with Crippen LogP contribution in [0.2, 0.25) is 0 Å². The number of likely N-dealkylation sites (tertiary alicyclic amines) is 1. The molecule has 0 N–H and O–H groups in total. The highest BCUT2D eigenvalue weighted by Crippen LogP contribution is 2.31. The molecular formula is C22H32N2O3. The molecule has 2 amide bonds. The van der Waals surface area contributed by atoms with Crippen LogP contribution in [0.15, 0.2) is 24.3 Å². The molecule has 148 valence electrons. The summed E-state index contributed by atoms with van der Waals surface area (Å²) in [6.07, 6.45) is 4.35. The highest BCUT2D eigenvalue weighted by molar-refractivity contribution is 5.86. The molecule has 1 heterocycles. The van der Waals surface area contributed by atoms with Crippen molar-refractivity contribution in [2.45, 2.75) is 84.0 Å². The molecule has 0 bridgehead atoms. The second-order valence-corrected chi connectivity index (χ2v) is 8.87. The molecule has 0 radical (unpaired) electrons. The number of benzene rings is 1. The smallest absolute Gasteiger partial charge is 0.410 e. The maximum atomic E-state index is 13.4. The van der Waals surface area contributed by atoms with Crippen LogP contribution in [-0.2, 0) is 16.1 Å². The number of carbonyl (C=O) groups excluding carboxylic acids is 2. The molecule has 27 heavy (non-hydrogen) atoms. The van der Waals surface area contributed by atoms with Crippen molar-refractivity contribution in [1.29, 1.82) is 0 Å². The van der Waals surface area contributed by atoms with Gasteiger partial charge in [-0.25, -0.2) is 4.79 Å². The van der Waals surface area contributed by atoms with Crippen LogP contribution in [0.25, 0.3) is 0 Å². The summed E-state index contributed by atoms with van der Waals surface area (Å²) in [5.41, 5.74) is 1.80. The van der Waals surface area contributed by atoms with Crippen LogP contribution in [0, 0.1) is 6.92 Å². The van der Waals surface area contributed by atoms with Crippen molar-refractivity contribution in [2.24, 2.45) is 0 Å². The van der Waals surface area contributed by atoms with Gasteiger partial charge in [0.15, 0.2) is 0 Å². The Hall–Kier alpha value is -2.04. The lowest BCUT2D eigenvalue weighted by molar-refractivity contribution is -0.139. The van der Waals surface area contributed by atoms with Crippen LogP contribution in [0.5, 0.6) is 0 Å². The van der Waals surface area contributed by atoms with Crippen molar-refractivity contribution >= 4 is 12.0 Å². The lowest BCUT2D eigenvalue weighted by Gasteiger charge is -2.38. The summed E-state index contributed by atoms with van der Waals surface area (Å²) >= 11 is 0. The van der Waals surface area contributed by atoms with E-state index in [1.807, 2.05) is 25.7 Å². The zero-order valence-corrected chi connectivity index (χ0v) is 17.0. The summed E-state index contributed by atoms with van der Waals surface area (Å²) in [6, 6.07) is 8.24. The predicted molar refractivity (Wildman–Crippen MR) is 105 cm³/mol. The quantitative estimate of drug-likeness (QED) is 0.793. The molecule has 3 rings (SSSR count). The van der Waals surface area contributed by atoms with Gasteiger partial charge in [-0.3, -0.25) is 9.69 Å². The highest BCUT2D eigenvalue weighted by atomic mass is 16.6. The van der Waals surface area contributed by atoms with Crippen molar-refractivity contribution in [2.75, 3.05) is 6.54 Å². The number of nitrogens with zero attached hydrogens (tertiary/aromatic N) is 2. The fourth-order valence-electron chi connectivity index (χ4n) is 3.58. The minimum Gasteiger partial charge on any atom is -0.444 e. The first-order valence-electron chi connectivity index (χ1n) is 10.1. The van der Waals surface area contributed by atoms with E-state index in [9.17, 15) is 9.59 Å². The summed E-state index contributed by atoms with van der Waals surface area (Å²) in [6.45, 7) is 8.85. The number of hydrogen-bond acceptors (Lipinski definition) is 3. The predicted octanol–water partition coefficient (Wildman–Crippen LogP) is 4.28. The molecule has 1 aromatic carbocycles. The Kier molecular flexibility index (Phi) is 5.78. The minimum absolute atomic E-state index is 0.0728. The second kappa shape index (κ2) is 7.91. The summed E-state index contributed by atoms with van der Waals surface area (Å²) < 4.78 is 5.56. The van der Waals surface area contributed by atoms with Gasteiger partial charge in [0.2, 0.25) is 5.91 Å². The fourth-order valence-corrected chi connectivity index (χ4v) is 3.58. The van der Waals surface area contributed by atoms with Crippen LogP contribution >= 0.6 is 0 Å². The van der Waals surface area contributed by atoms with E-state index in [1.165, 1.54) is 5.56 Å². The number of piperidine rings is 1. The Balaban J connectivity index is 1.74. The van der Waals surface area contributed by atoms with Crippen molar-refractivity contribution in [3.63, 3.8) is 0 Å². The van der Waals surface area contributed by atoms with Crippen molar-refractivity contribution < 1.29 is 14.3 Å². The Labute approximate surface area is 162 Å². The largest absolute Gasteiger partial charge is 0.444 e. The molecule has 2 aliphatic rings. The topological polar surface area (TPSA) is 49.9 Å². The van der Waals surface area contributed by atoms with Gasteiger partial charge < -0.3 is 9.64 Å². The first-order valence-corrected chi connectivity index (χ1v) is 10.1. The van der Waals surface area contributed by atoms with Crippen molar-refractivity contribution in [3.8, 4) is 0 Å². The van der Waals surface area contributed by atoms with Crippen LogP contribution in [0.1, 0.15) is 64.0 Å². The summed E-state index contributed by atoms with van der Waals surface area (Å²) in [7, 11) is 0. The molecule has 1 aliphatic heterocycles. The molecule has 5 heteroatoms. The molecule has 1 saturated heterocycles. The molecule has 1 saturated carbocycles. The zero-order chi connectivity index (χ0) is 19.6. The Morgan fingerprint density at radius 1 is 1.11 bits per heavy atom. The van der Waals surface area contributed by atoms with Crippen LogP contribution in [0.4, 0.5) is 4.79 Å². The van der Waals surface area contributed by atoms with E-state index < -0.39 is 11.6 Å². The molecule has 0 spiro atoms. The summed E-state index contributed by atoms with van der Waals surface area (Å²) in [5.74, 6) is 0.0728. The first kappa shape index (κ1) is 19.7. The summed E-state index contributed by atoms with van der Waals surface area (Å²) in [5, 5.41) is 0. The average molecular weight is 373 g/mol. The molecule has 2 fully saturated rings. The molecule has 1 atom stereocenters. The van der Waals surface area contributed by atoms with Crippen molar-refractivity contribution in [1.82, 2.24) is 9.80 Å². The van der Waals surface area contributed by atoms with Crippen LogP contribution in [0.3, 0.4) is 0 Å². The molecule has 1 aliphatic carbocycles. The van der Waals surface area contributed by atoms with Gasteiger partial charge in [-0.1, -0.05) is 29.8 Å². The van der Waals surface area contributed by atoms with E-state index in [2.05, 4.69) is 31.2 Å². The van der Waals surface area contributed by atoms with E-state index in [0.717, 1.165) is 37.7 Å². The third-order valence-electron chi connectivity index (χ3n) is 5.16. The van der Waals surface area contributed by atoms with Gasteiger partial charge in [-0.2, -0.15) is 0 Å². The number of hydrogen-bond donors (Lipinski definition) is 0. The molecule has 1 aromatic rings. The van der Waals surface area contributed by atoms with Crippen LogP contribution in [-0.4, -0.2) is 46.0 Å². The highest BCUT2D eigenvalue weighted by Gasteiger charge is 2.41. The SMILES string of the molecule is Cc1ccc(CN(C(=O)C2CCCCN2C(=O)OC(C)(C)C)C2CC2)cc1. The Morgan fingerprint density at radius 3 is 2.37 bits per heavy atom. The molecule has 0 aromatic heterocycles. The number of ether oxygens (including phenoxy) is 1. The van der Waals surface area contributed by atoms with E-state index >= 15 is 0 Å². The molecule has 5 nitrogen and oxygen atoms in total. The number of carbonyl (C=O) groups is 2. The zero-order valence-electron chi connectivity index (χ0n) is 17.0. The Morgan fingerprint density at radius 2 is 1.78 bits per heavy atom. The third kappa shape index (κ3) is 5.24. The van der Waals surface area contributed by atoms with Gasteiger partial charge in [0.05, 0.1) is 0 Å². The summed E-state index contributed by atoms with van der Waals surface area (Å²) in [4.78, 5) is 29.7. The van der Waals surface area contributed by atoms with E-state index in [1.54, 1.807) is 4.90 Å². The van der Waals surface area contributed by atoms with E-state index in [4.69, 9.17) is 4.74 Å². The standard InChI is InChI=1S/C22H32N2O3/c1-16-8-10-17(11-9-16)15-24(18-12-13-18)20(25)19-7-5-6-14-23(19)21(26)27-22(2,3)4/h8-11,18-19H,5-7,12-15H2,1-4H3. The van der Waals surface area contributed by atoms with E-state index in [-0.39, 0.29) is 12.0 Å². The average Bonchev–Trinajstić information content (AvgIpc) is 3.44. The van der Waals surface area contributed by atoms with Gasteiger partial charge in [-0.05, 0) is 65.4 Å². The van der Waals surface area contributed by atoms with Gasteiger partial charge in [0.25, 0.3) is 0 Å². The fraction of sp³-hybridized carbons (Fsp3) is 0.636.